The number of amides is 1. The molecule has 0 unspecified atom stereocenters. The van der Waals surface area contributed by atoms with Gasteiger partial charge in [0.15, 0.2) is 0 Å². The van der Waals surface area contributed by atoms with E-state index in [0.717, 1.165) is 19.3 Å². The topological polar surface area (TPSA) is 75.7 Å². The molecule has 1 N–H and O–H groups in total. The van der Waals surface area contributed by atoms with Crippen molar-refractivity contribution in [2.45, 2.75) is 37.3 Å². The Morgan fingerprint density at radius 2 is 1.69 bits per heavy atom. The van der Waals surface area contributed by atoms with E-state index in [4.69, 9.17) is 0 Å². The molecule has 0 bridgehead atoms. The van der Waals surface area contributed by atoms with E-state index in [1.165, 1.54) is 22.5 Å². The molecule has 0 aromatic heterocycles. The maximum atomic E-state index is 13.0. The molecule has 9 heteroatoms. The van der Waals surface area contributed by atoms with Crippen molar-refractivity contribution in [3.8, 4) is 5.75 Å². The van der Waals surface area contributed by atoms with Crippen LogP contribution in [0, 0.1) is 0 Å². The lowest BCUT2D eigenvalue weighted by molar-refractivity contribution is -0.0504. The van der Waals surface area contributed by atoms with Gasteiger partial charge in [-0.05, 0) is 31.0 Å². The van der Waals surface area contributed by atoms with Crippen LogP contribution in [0.3, 0.4) is 0 Å². The summed E-state index contributed by atoms with van der Waals surface area (Å²) in [5.41, 5.74) is 0.378. The Morgan fingerprint density at radius 1 is 1.03 bits per heavy atom. The summed E-state index contributed by atoms with van der Waals surface area (Å²) in [6.45, 7) is -2.21. The molecule has 0 atom stereocenters. The van der Waals surface area contributed by atoms with E-state index in [9.17, 15) is 22.0 Å². The molecular weight excluding hydrogens is 402 g/mol. The number of piperidine rings is 1. The van der Waals surface area contributed by atoms with Crippen molar-refractivity contribution in [3.05, 3.63) is 59.7 Å². The van der Waals surface area contributed by atoms with Gasteiger partial charge in [0, 0.05) is 25.2 Å². The van der Waals surface area contributed by atoms with Gasteiger partial charge in [0.05, 0.1) is 10.5 Å². The first-order valence-electron chi connectivity index (χ1n) is 9.29. The van der Waals surface area contributed by atoms with Gasteiger partial charge in [-0.1, -0.05) is 36.8 Å². The van der Waals surface area contributed by atoms with Crippen LogP contribution in [0.15, 0.2) is 53.4 Å². The van der Waals surface area contributed by atoms with Crippen LogP contribution in [0.1, 0.15) is 35.2 Å². The number of carbonyl (C=O) groups is 1. The van der Waals surface area contributed by atoms with Crippen LogP contribution in [0.25, 0.3) is 0 Å². The predicted molar refractivity (Wildman–Crippen MR) is 103 cm³/mol. The smallest absolute Gasteiger partial charge is 0.387 e. The van der Waals surface area contributed by atoms with E-state index in [0.29, 0.717) is 18.7 Å². The standard InChI is InChI=1S/C20H22F2N2O4S/c21-20(22)28-17-10-4-2-8-15(17)14-23-19(25)16-9-3-5-11-18(16)29(26,27)24-12-6-1-7-13-24/h2-5,8-11,20H,1,6-7,12-14H2,(H,23,25). The Labute approximate surface area is 168 Å². The maximum Gasteiger partial charge on any atom is 0.387 e. The van der Waals surface area contributed by atoms with Gasteiger partial charge in [0.2, 0.25) is 10.0 Å². The lowest BCUT2D eigenvalue weighted by Gasteiger charge is -2.26. The predicted octanol–water partition coefficient (Wildman–Crippen LogP) is 3.39. The number of hydrogen-bond donors (Lipinski definition) is 1. The highest BCUT2D eigenvalue weighted by atomic mass is 32.2. The maximum absolute atomic E-state index is 13.0. The number of benzene rings is 2. The Hall–Kier alpha value is -2.52. The number of alkyl halides is 2. The molecule has 1 heterocycles. The molecule has 156 valence electrons. The second kappa shape index (κ2) is 9.32. The van der Waals surface area contributed by atoms with Crippen molar-refractivity contribution in [1.29, 1.82) is 0 Å². The summed E-state index contributed by atoms with van der Waals surface area (Å²) < 4.78 is 56.9. The zero-order valence-electron chi connectivity index (χ0n) is 15.7. The quantitative estimate of drug-likeness (QED) is 0.739. The van der Waals surface area contributed by atoms with E-state index in [-0.39, 0.29) is 22.8 Å². The molecule has 29 heavy (non-hydrogen) atoms. The van der Waals surface area contributed by atoms with Crippen molar-refractivity contribution < 1.29 is 26.7 Å². The lowest BCUT2D eigenvalue weighted by atomic mass is 10.1. The molecule has 1 amide bonds. The number of carbonyl (C=O) groups excluding carboxylic acids is 1. The number of sulfonamides is 1. The van der Waals surface area contributed by atoms with Gasteiger partial charge in [-0.2, -0.15) is 13.1 Å². The van der Waals surface area contributed by atoms with E-state index >= 15 is 0 Å². The second-order valence-electron chi connectivity index (χ2n) is 6.63. The molecule has 0 spiro atoms. The van der Waals surface area contributed by atoms with E-state index in [2.05, 4.69) is 10.1 Å². The summed E-state index contributed by atoms with van der Waals surface area (Å²) in [5.74, 6) is -0.648. The average Bonchev–Trinajstić information content (AvgIpc) is 2.73. The van der Waals surface area contributed by atoms with Gasteiger partial charge < -0.3 is 10.1 Å². The molecular formula is C20H22F2N2O4S. The highest BCUT2D eigenvalue weighted by Gasteiger charge is 2.29. The first kappa shape index (κ1) is 21.2. The van der Waals surface area contributed by atoms with Crippen LogP contribution in [-0.2, 0) is 16.6 Å². The van der Waals surface area contributed by atoms with Gasteiger partial charge in [-0.15, -0.1) is 0 Å². The molecule has 0 radical (unpaired) electrons. The Balaban J connectivity index is 1.79. The minimum absolute atomic E-state index is 0.0188. The van der Waals surface area contributed by atoms with Gasteiger partial charge in [-0.25, -0.2) is 8.42 Å². The number of hydrogen-bond acceptors (Lipinski definition) is 4. The van der Waals surface area contributed by atoms with Crippen LogP contribution in [0.2, 0.25) is 0 Å². The van der Waals surface area contributed by atoms with Crippen molar-refractivity contribution >= 4 is 15.9 Å². The van der Waals surface area contributed by atoms with Gasteiger partial charge >= 0.3 is 6.61 Å². The normalized spacial score (nSPS) is 15.3. The minimum Gasteiger partial charge on any atom is -0.434 e. The minimum atomic E-state index is -3.80. The molecule has 0 saturated carbocycles. The first-order chi connectivity index (χ1) is 13.9. The van der Waals surface area contributed by atoms with Crippen LogP contribution in [0.5, 0.6) is 5.75 Å². The van der Waals surface area contributed by atoms with Crippen LogP contribution in [-0.4, -0.2) is 38.3 Å². The second-order valence-corrected chi connectivity index (χ2v) is 8.54. The van der Waals surface area contributed by atoms with Crippen molar-refractivity contribution in [3.63, 3.8) is 0 Å². The Kier molecular flexibility index (Phi) is 6.81. The van der Waals surface area contributed by atoms with Crippen molar-refractivity contribution in [1.82, 2.24) is 9.62 Å². The number of nitrogens with one attached hydrogen (secondary N) is 1. The van der Waals surface area contributed by atoms with E-state index < -0.39 is 22.5 Å². The molecule has 1 fully saturated rings. The number of ether oxygens (including phenoxy) is 1. The summed E-state index contributed by atoms with van der Waals surface area (Å²) >= 11 is 0. The van der Waals surface area contributed by atoms with Crippen molar-refractivity contribution in [2.24, 2.45) is 0 Å². The highest BCUT2D eigenvalue weighted by molar-refractivity contribution is 7.89. The molecule has 3 rings (SSSR count). The molecule has 1 saturated heterocycles. The Bertz CT molecular complexity index is 960. The monoisotopic (exact) mass is 424 g/mol. The fourth-order valence-corrected chi connectivity index (χ4v) is 4.96. The van der Waals surface area contributed by atoms with Crippen LogP contribution in [0.4, 0.5) is 8.78 Å². The average molecular weight is 424 g/mol. The number of halogens is 2. The summed E-state index contributed by atoms with van der Waals surface area (Å²) in [7, 11) is -3.80. The fraction of sp³-hybridized carbons (Fsp3) is 0.350. The van der Waals surface area contributed by atoms with Gasteiger partial charge in [-0.3, -0.25) is 4.79 Å². The summed E-state index contributed by atoms with van der Waals surface area (Å²) in [6.07, 6.45) is 2.55. The summed E-state index contributed by atoms with van der Waals surface area (Å²) in [4.78, 5) is 12.7. The highest BCUT2D eigenvalue weighted by Crippen LogP contribution is 2.24. The summed E-state index contributed by atoms with van der Waals surface area (Å²) in [6, 6.07) is 12.1. The molecule has 2 aromatic carbocycles. The molecule has 6 nitrogen and oxygen atoms in total. The third-order valence-electron chi connectivity index (χ3n) is 4.69. The number of nitrogens with zero attached hydrogens (tertiary/aromatic N) is 1. The first-order valence-corrected chi connectivity index (χ1v) is 10.7. The van der Waals surface area contributed by atoms with E-state index in [1.807, 2.05) is 0 Å². The summed E-state index contributed by atoms with van der Waals surface area (Å²) in [5, 5.41) is 2.60. The third-order valence-corrected chi connectivity index (χ3v) is 6.65. The SMILES string of the molecule is O=C(NCc1ccccc1OC(F)F)c1ccccc1S(=O)(=O)N1CCCCC1. The molecule has 0 aliphatic carbocycles. The third kappa shape index (κ3) is 5.10. The number of para-hydroxylation sites is 1. The fourth-order valence-electron chi connectivity index (χ4n) is 3.26. The van der Waals surface area contributed by atoms with Crippen LogP contribution < -0.4 is 10.1 Å². The zero-order valence-corrected chi connectivity index (χ0v) is 16.5. The van der Waals surface area contributed by atoms with Gasteiger partial charge in [0.25, 0.3) is 5.91 Å². The molecule has 1 aliphatic rings. The molecule has 2 aromatic rings. The van der Waals surface area contributed by atoms with Crippen LogP contribution >= 0.6 is 0 Å². The van der Waals surface area contributed by atoms with Gasteiger partial charge in [0.1, 0.15) is 5.75 Å². The largest absolute Gasteiger partial charge is 0.434 e. The zero-order chi connectivity index (χ0) is 20.9. The number of rotatable bonds is 7. The lowest BCUT2D eigenvalue weighted by Crippen LogP contribution is -2.37. The Morgan fingerprint density at radius 3 is 2.41 bits per heavy atom. The van der Waals surface area contributed by atoms with Crippen molar-refractivity contribution in [2.75, 3.05) is 13.1 Å². The molecule has 1 aliphatic heterocycles. The van der Waals surface area contributed by atoms with E-state index in [1.54, 1.807) is 30.3 Å².